The highest BCUT2D eigenvalue weighted by Crippen LogP contribution is 2.51. The fourth-order valence-electron chi connectivity index (χ4n) is 4.03. The summed E-state index contributed by atoms with van der Waals surface area (Å²) in [6, 6.07) is 8.36. The summed E-state index contributed by atoms with van der Waals surface area (Å²) in [5.74, 6) is 1.51. The van der Waals surface area contributed by atoms with E-state index in [1.54, 1.807) is 7.11 Å². The zero-order chi connectivity index (χ0) is 18.4. The third-order valence-electron chi connectivity index (χ3n) is 5.58. The van der Waals surface area contributed by atoms with E-state index in [2.05, 4.69) is 38.3 Å². The van der Waals surface area contributed by atoms with Crippen molar-refractivity contribution in [2.75, 3.05) is 13.7 Å². The van der Waals surface area contributed by atoms with E-state index < -0.39 is 0 Å². The van der Waals surface area contributed by atoms with Crippen LogP contribution in [0.3, 0.4) is 0 Å². The number of methoxy groups -OCH3 is 1. The van der Waals surface area contributed by atoms with Crippen molar-refractivity contribution in [3.63, 3.8) is 0 Å². The number of ether oxygens (including phenoxy) is 2. The first kappa shape index (κ1) is 19.3. The van der Waals surface area contributed by atoms with Crippen molar-refractivity contribution in [1.82, 2.24) is 0 Å². The first-order valence-corrected chi connectivity index (χ1v) is 8.97. The Balaban J connectivity index is 2.23. The van der Waals surface area contributed by atoms with Crippen LogP contribution in [-0.2, 0) is 9.53 Å². The highest BCUT2D eigenvalue weighted by molar-refractivity contribution is 5.65. The van der Waals surface area contributed by atoms with Gasteiger partial charge in [0.25, 0.3) is 0 Å². The van der Waals surface area contributed by atoms with Crippen LogP contribution in [0.15, 0.2) is 49.1 Å². The minimum atomic E-state index is -0.221. The summed E-state index contributed by atoms with van der Waals surface area (Å²) in [5, 5.41) is 0. The number of carbonyl (C=O) groups excluding carboxylic acids is 1. The predicted octanol–water partition coefficient (Wildman–Crippen LogP) is 5.28. The Morgan fingerprint density at radius 1 is 1.32 bits per heavy atom. The number of carbonyl (C=O) groups is 1. The Bertz CT molecular complexity index is 613. The van der Waals surface area contributed by atoms with Crippen molar-refractivity contribution >= 4 is 5.97 Å². The maximum Gasteiger partial charge on any atom is 0.302 e. The number of allylic oxidation sites excluding steroid dienone is 2. The van der Waals surface area contributed by atoms with Crippen LogP contribution in [0.1, 0.15) is 51.0 Å². The second-order valence-corrected chi connectivity index (χ2v) is 7.23. The number of hydrogen-bond donors (Lipinski definition) is 0. The highest BCUT2D eigenvalue weighted by atomic mass is 16.5. The molecule has 0 bridgehead atoms. The first-order valence-electron chi connectivity index (χ1n) is 8.97. The van der Waals surface area contributed by atoms with E-state index >= 15 is 0 Å². The topological polar surface area (TPSA) is 35.5 Å². The molecule has 3 heteroatoms. The molecule has 0 N–H and O–H groups in total. The van der Waals surface area contributed by atoms with Crippen LogP contribution in [0, 0.1) is 11.3 Å². The molecule has 2 rings (SSSR count). The van der Waals surface area contributed by atoms with E-state index in [0.717, 1.165) is 31.4 Å². The third-order valence-corrected chi connectivity index (χ3v) is 5.58. The summed E-state index contributed by atoms with van der Waals surface area (Å²) in [7, 11) is 1.68. The summed E-state index contributed by atoms with van der Waals surface area (Å²) < 4.78 is 10.5. The molecule has 0 spiro atoms. The lowest BCUT2D eigenvalue weighted by molar-refractivity contribution is -0.141. The molecule has 0 saturated heterocycles. The van der Waals surface area contributed by atoms with Gasteiger partial charge in [0.15, 0.2) is 0 Å². The number of hydrogen-bond acceptors (Lipinski definition) is 3. The summed E-state index contributed by atoms with van der Waals surface area (Å²) in [5.41, 5.74) is 2.55. The fraction of sp³-hybridized carbons (Fsp3) is 0.500. The Labute approximate surface area is 151 Å². The van der Waals surface area contributed by atoms with Crippen molar-refractivity contribution in [3.8, 4) is 5.75 Å². The minimum Gasteiger partial charge on any atom is -0.497 e. The Kier molecular flexibility index (Phi) is 6.46. The van der Waals surface area contributed by atoms with Gasteiger partial charge in [-0.05, 0) is 67.6 Å². The molecule has 0 aliphatic heterocycles. The summed E-state index contributed by atoms with van der Waals surface area (Å²) in [6.07, 6.45) is 6.04. The molecule has 25 heavy (non-hydrogen) atoms. The second-order valence-electron chi connectivity index (χ2n) is 7.23. The first-order chi connectivity index (χ1) is 11.9. The van der Waals surface area contributed by atoms with Crippen molar-refractivity contribution < 1.29 is 14.3 Å². The van der Waals surface area contributed by atoms with Crippen molar-refractivity contribution in [2.45, 2.75) is 45.4 Å². The van der Waals surface area contributed by atoms with Crippen LogP contribution >= 0.6 is 0 Å². The SMILES string of the molecule is C=C[C@]1(CCOC(C)=O)CC[C@@H](C(=C)C)[C@H](c2ccc(OC)cc2)C1. The van der Waals surface area contributed by atoms with E-state index in [1.165, 1.54) is 18.1 Å². The van der Waals surface area contributed by atoms with E-state index in [0.29, 0.717) is 18.4 Å². The molecule has 136 valence electrons. The molecule has 1 aliphatic carbocycles. The van der Waals surface area contributed by atoms with Crippen LogP contribution in [0.5, 0.6) is 5.75 Å². The van der Waals surface area contributed by atoms with E-state index in [1.807, 2.05) is 12.1 Å². The largest absolute Gasteiger partial charge is 0.497 e. The molecule has 1 aliphatic rings. The molecule has 0 amide bonds. The minimum absolute atomic E-state index is 0.00595. The molecule has 0 radical (unpaired) electrons. The van der Waals surface area contributed by atoms with Gasteiger partial charge in [-0.1, -0.05) is 30.4 Å². The quantitative estimate of drug-likeness (QED) is 0.499. The van der Waals surface area contributed by atoms with Crippen molar-refractivity contribution in [1.29, 1.82) is 0 Å². The van der Waals surface area contributed by atoms with Crippen LogP contribution in [0.2, 0.25) is 0 Å². The van der Waals surface area contributed by atoms with Crippen LogP contribution in [0.25, 0.3) is 0 Å². The van der Waals surface area contributed by atoms with Gasteiger partial charge in [0, 0.05) is 6.92 Å². The monoisotopic (exact) mass is 342 g/mol. The lowest BCUT2D eigenvalue weighted by atomic mass is 9.61. The average Bonchev–Trinajstić information content (AvgIpc) is 2.61. The Morgan fingerprint density at radius 2 is 2.00 bits per heavy atom. The molecule has 3 nitrogen and oxygen atoms in total. The molecule has 0 heterocycles. The lowest BCUT2D eigenvalue weighted by Gasteiger charge is -2.44. The van der Waals surface area contributed by atoms with Gasteiger partial charge in [0.1, 0.15) is 5.75 Å². The van der Waals surface area contributed by atoms with Crippen LogP contribution in [-0.4, -0.2) is 19.7 Å². The maximum absolute atomic E-state index is 11.1. The van der Waals surface area contributed by atoms with Crippen LogP contribution in [0.4, 0.5) is 0 Å². The van der Waals surface area contributed by atoms with Crippen LogP contribution < -0.4 is 4.74 Å². The highest BCUT2D eigenvalue weighted by Gasteiger charge is 2.39. The van der Waals surface area contributed by atoms with Gasteiger partial charge in [-0.3, -0.25) is 4.79 Å². The van der Waals surface area contributed by atoms with Gasteiger partial charge in [0.05, 0.1) is 13.7 Å². The lowest BCUT2D eigenvalue weighted by Crippen LogP contribution is -2.33. The molecular formula is C22H30O3. The van der Waals surface area contributed by atoms with Gasteiger partial charge in [-0.2, -0.15) is 0 Å². The average molecular weight is 342 g/mol. The smallest absolute Gasteiger partial charge is 0.302 e. The van der Waals surface area contributed by atoms with Gasteiger partial charge in [-0.25, -0.2) is 0 Å². The van der Waals surface area contributed by atoms with Gasteiger partial charge < -0.3 is 9.47 Å². The van der Waals surface area contributed by atoms with Gasteiger partial charge >= 0.3 is 5.97 Å². The number of esters is 1. The summed E-state index contributed by atoms with van der Waals surface area (Å²) in [4.78, 5) is 11.1. The van der Waals surface area contributed by atoms with Crippen molar-refractivity contribution in [2.24, 2.45) is 11.3 Å². The molecular weight excluding hydrogens is 312 g/mol. The molecule has 1 aromatic carbocycles. The molecule has 1 aromatic rings. The van der Waals surface area contributed by atoms with Gasteiger partial charge in [0.2, 0.25) is 0 Å². The molecule has 3 atom stereocenters. The molecule has 1 fully saturated rings. The molecule has 1 saturated carbocycles. The molecule has 0 unspecified atom stereocenters. The van der Waals surface area contributed by atoms with E-state index in [4.69, 9.17) is 9.47 Å². The van der Waals surface area contributed by atoms with Gasteiger partial charge in [-0.15, -0.1) is 6.58 Å². The normalized spacial score (nSPS) is 25.9. The number of benzene rings is 1. The Hall–Kier alpha value is -2.03. The third kappa shape index (κ3) is 4.75. The van der Waals surface area contributed by atoms with Crippen molar-refractivity contribution in [3.05, 3.63) is 54.6 Å². The van der Waals surface area contributed by atoms with E-state index in [9.17, 15) is 4.79 Å². The van der Waals surface area contributed by atoms with E-state index in [-0.39, 0.29) is 11.4 Å². The summed E-state index contributed by atoms with van der Waals surface area (Å²) in [6.45, 7) is 12.4. The zero-order valence-corrected chi connectivity index (χ0v) is 15.7. The summed E-state index contributed by atoms with van der Waals surface area (Å²) >= 11 is 0. The fourth-order valence-corrected chi connectivity index (χ4v) is 4.03. The zero-order valence-electron chi connectivity index (χ0n) is 15.7. The second kappa shape index (κ2) is 8.37. The molecule has 0 aromatic heterocycles. The predicted molar refractivity (Wildman–Crippen MR) is 102 cm³/mol. The Morgan fingerprint density at radius 3 is 2.52 bits per heavy atom. The maximum atomic E-state index is 11.1. The standard InChI is InChI=1S/C22H30O3/c1-6-22(13-14-25-17(4)23)12-11-20(16(2)3)21(15-22)18-7-9-19(24-5)10-8-18/h6-10,20-21H,1-2,11-15H2,3-5H3/t20-,21-,22+/m0/s1. The number of rotatable bonds is 7.